The summed E-state index contributed by atoms with van der Waals surface area (Å²) in [5.41, 5.74) is 1.95. The lowest BCUT2D eigenvalue weighted by Gasteiger charge is -2.16. The number of hydrogen-bond acceptors (Lipinski definition) is 3. The van der Waals surface area contributed by atoms with E-state index in [1.165, 1.54) is 0 Å². The lowest BCUT2D eigenvalue weighted by Crippen LogP contribution is -2.33. The third-order valence-corrected chi connectivity index (χ3v) is 2.55. The summed E-state index contributed by atoms with van der Waals surface area (Å²) in [6, 6.07) is 5.39. The molecule has 1 atom stereocenters. The zero-order chi connectivity index (χ0) is 12.1. The highest BCUT2D eigenvalue weighted by Crippen LogP contribution is 2.22. The van der Waals surface area contributed by atoms with Crippen LogP contribution in [0.1, 0.15) is 17.2 Å². The Morgan fingerprint density at radius 3 is 2.50 bits per heavy atom. The van der Waals surface area contributed by atoms with Crippen molar-refractivity contribution in [1.29, 1.82) is 0 Å². The van der Waals surface area contributed by atoms with Crippen LogP contribution in [0, 0.1) is 6.92 Å². The van der Waals surface area contributed by atoms with Crippen LogP contribution in [0.4, 0.5) is 0 Å². The fraction of sp³-hybridized carbons (Fsp3) is 0.417. The summed E-state index contributed by atoms with van der Waals surface area (Å²) in [6.07, 6.45) is 0. The zero-order valence-electron chi connectivity index (χ0n) is 10.1. The molecule has 0 heterocycles. The van der Waals surface area contributed by atoms with Crippen LogP contribution >= 0.6 is 0 Å². The van der Waals surface area contributed by atoms with Crippen molar-refractivity contribution in [2.45, 2.75) is 13.0 Å². The van der Waals surface area contributed by atoms with E-state index in [4.69, 9.17) is 4.74 Å². The van der Waals surface area contributed by atoms with Crippen LogP contribution in [0.15, 0.2) is 18.2 Å². The molecule has 0 aliphatic carbocycles. The minimum absolute atomic E-state index is 0.0490. The lowest BCUT2D eigenvalue weighted by atomic mass is 10.0. The molecule has 4 nitrogen and oxygen atoms in total. The highest BCUT2D eigenvalue weighted by molar-refractivity contribution is 5.83. The summed E-state index contributed by atoms with van der Waals surface area (Å²) in [7, 11) is 5.03. The summed E-state index contributed by atoms with van der Waals surface area (Å²) in [5, 5.41) is 5.61. The van der Waals surface area contributed by atoms with Crippen molar-refractivity contribution < 1.29 is 9.53 Å². The number of methoxy groups -OCH3 is 1. The van der Waals surface area contributed by atoms with E-state index in [9.17, 15) is 4.79 Å². The summed E-state index contributed by atoms with van der Waals surface area (Å²) in [5.74, 6) is 0.780. The van der Waals surface area contributed by atoms with Crippen LogP contribution in [0.3, 0.4) is 0 Å². The van der Waals surface area contributed by atoms with E-state index in [1.807, 2.05) is 25.1 Å². The van der Waals surface area contributed by atoms with Gasteiger partial charge >= 0.3 is 0 Å². The molecule has 1 aromatic rings. The van der Waals surface area contributed by atoms with Crippen molar-refractivity contribution in [3.63, 3.8) is 0 Å². The predicted molar refractivity (Wildman–Crippen MR) is 63.6 cm³/mol. The number of nitrogens with one attached hydrogen (secondary N) is 2. The molecule has 1 aromatic carbocycles. The van der Waals surface area contributed by atoms with Gasteiger partial charge in [-0.25, -0.2) is 0 Å². The van der Waals surface area contributed by atoms with Crippen molar-refractivity contribution in [3.05, 3.63) is 29.3 Å². The van der Waals surface area contributed by atoms with E-state index in [2.05, 4.69) is 10.6 Å². The number of rotatable bonds is 4. The molecular weight excluding hydrogens is 204 g/mol. The first-order valence-corrected chi connectivity index (χ1v) is 5.17. The molecule has 0 aliphatic heterocycles. The number of amides is 1. The molecule has 0 spiro atoms. The van der Waals surface area contributed by atoms with Gasteiger partial charge < -0.3 is 15.4 Å². The molecule has 16 heavy (non-hydrogen) atoms. The Bertz CT molecular complexity index is 377. The minimum atomic E-state index is -0.324. The van der Waals surface area contributed by atoms with Gasteiger partial charge in [-0.15, -0.1) is 0 Å². The molecule has 1 rings (SSSR count). The monoisotopic (exact) mass is 222 g/mol. The number of ether oxygens (including phenoxy) is 1. The van der Waals surface area contributed by atoms with Crippen LogP contribution in [0.25, 0.3) is 0 Å². The Morgan fingerprint density at radius 1 is 1.38 bits per heavy atom. The molecule has 0 aliphatic rings. The molecule has 0 saturated heterocycles. The molecule has 4 heteroatoms. The molecule has 0 bridgehead atoms. The first-order chi connectivity index (χ1) is 7.63. The van der Waals surface area contributed by atoms with Crippen molar-refractivity contribution in [2.24, 2.45) is 0 Å². The summed E-state index contributed by atoms with van der Waals surface area (Å²) >= 11 is 0. The number of carbonyl (C=O) groups is 1. The predicted octanol–water partition coefficient (Wildman–Crippen LogP) is 1.01. The molecule has 88 valence electrons. The smallest absolute Gasteiger partial charge is 0.241 e. The maximum atomic E-state index is 11.6. The quantitative estimate of drug-likeness (QED) is 0.799. The van der Waals surface area contributed by atoms with Crippen molar-refractivity contribution in [2.75, 3.05) is 21.2 Å². The number of aryl methyl sites for hydroxylation is 1. The van der Waals surface area contributed by atoms with Crippen LogP contribution < -0.4 is 15.4 Å². The van der Waals surface area contributed by atoms with Crippen LogP contribution in [-0.4, -0.2) is 27.1 Å². The van der Waals surface area contributed by atoms with Gasteiger partial charge in [0.2, 0.25) is 5.91 Å². The normalized spacial score (nSPS) is 12.0. The molecule has 1 unspecified atom stereocenters. The Morgan fingerprint density at radius 2 is 2.06 bits per heavy atom. The van der Waals surface area contributed by atoms with Gasteiger partial charge in [-0.2, -0.15) is 0 Å². The van der Waals surface area contributed by atoms with Crippen molar-refractivity contribution in [3.8, 4) is 5.75 Å². The number of likely N-dealkylation sites (N-methyl/N-ethyl adjacent to an activating group) is 2. The highest BCUT2D eigenvalue weighted by Gasteiger charge is 2.17. The number of carbonyl (C=O) groups excluding carboxylic acids is 1. The maximum Gasteiger partial charge on any atom is 0.241 e. The minimum Gasteiger partial charge on any atom is -0.496 e. The first-order valence-electron chi connectivity index (χ1n) is 5.17. The Hall–Kier alpha value is -1.55. The summed E-state index contributed by atoms with van der Waals surface area (Å²) in [4.78, 5) is 11.6. The number of benzene rings is 1. The SMILES string of the molecule is CNC(=O)C(NC)c1ccc(OC)c(C)c1. The van der Waals surface area contributed by atoms with Gasteiger partial charge in [-0.1, -0.05) is 12.1 Å². The third-order valence-electron chi connectivity index (χ3n) is 2.55. The average molecular weight is 222 g/mol. The second kappa shape index (κ2) is 5.51. The Kier molecular flexibility index (Phi) is 4.31. The van der Waals surface area contributed by atoms with Gasteiger partial charge in [0.15, 0.2) is 0 Å². The van der Waals surface area contributed by atoms with E-state index in [-0.39, 0.29) is 11.9 Å². The van der Waals surface area contributed by atoms with Gasteiger partial charge in [-0.3, -0.25) is 4.79 Å². The Labute approximate surface area is 96.0 Å². The molecule has 2 N–H and O–H groups in total. The van der Waals surface area contributed by atoms with E-state index < -0.39 is 0 Å². The van der Waals surface area contributed by atoms with Gasteiger partial charge in [0.25, 0.3) is 0 Å². The fourth-order valence-electron chi connectivity index (χ4n) is 1.67. The van der Waals surface area contributed by atoms with Gasteiger partial charge in [0.1, 0.15) is 11.8 Å². The summed E-state index contributed by atoms with van der Waals surface area (Å²) in [6.45, 7) is 1.96. The van der Waals surface area contributed by atoms with E-state index in [1.54, 1.807) is 21.2 Å². The van der Waals surface area contributed by atoms with Gasteiger partial charge in [0.05, 0.1) is 7.11 Å². The van der Waals surface area contributed by atoms with Gasteiger partial charge in [0, 0.05) is 7.05 Å². The van der Waals surface area contributed by atoms with Crippen molar-refractivity contribution in [1.82, 2.24) is 10.6 Å². The second-order valence-corrected chi connectivity index (χ2v) is 3.56. The third kappa shape index (κ3) is 2.52. The average Bonchev–Trinajstić information content (AvgIpc) is 2.30. The maximum absolute atomic E-state index is 11.6. The van der Waals surface area contributed by atoms with Crippen LogP contribution in [0.2, 0.25) is 0 Å². The van der Waals surface area contributed by atoms with E-state index in [0.29, 0.717) is 0 Å². The molecule has 0 aromatic heterocycles. The van der Waals surface area contributed by atoms with Gasteiger partial charge in [-0.05, 0) is 31.2 Å². The Balaban J connectivity index is 3.03. The first kappa shape index (κ1) is 12.5. The van der Waals surface area contributed by atoms with Crippen LogP contribution in [-0.2, 0) is 4.79 Å². The molecule has 0 saturated carbocycles. The fourth-order valence-corrected chi connectivity index (χ4v) is 1.67. The molecule has 1 amide bonds. The topological polar surface area (TPSA) is 50.4 Å². The van der Waals surface area contributed by atoms with E-state index >= 15 is 0 Å². The lowest BCUT2D eigenvalue weighted by molar-refractivity contribution is -0.122. The highest BCUT2D eigenvalue weighted by atomic mass is 16.5. The second-order valence-electron chi connectivity index (χ2n) is 3.56. The largest absolute Gasteiger partial charge is 0.496 e. The standard InChI is InChI=1S/C12H18N2O2/c1-8-7-9(5-6-10(8)16-4)11(13-2)12(15)14-3/h5-7,11,13H,1-4H3,(H,14,15). The van der Waals surface area contributed by atoms with Crippen LogP contribution in [0.5, 0.6) is 5.75 Å². The summed E-state index contributed by atoms with van der Waals surface area (Å²) < 4.78 is 5.18. The molecular formula is C12H18N2O2. The van der Waals surface area contributed by atoms with Crippen molar-refractivity contribution >= 4 is 5.91 Å². The number of hydrogen-bond donors (Lipinski definition) is 2. The molecule has 0 fully saturated rings. The molecule has 0 radical (unpaired) electrons. The van der Waals surface area contributed by atoms with E-state index in [0.717, 1.165) is 16.9 Å². The zero-order valence-corrected chi connectivity index (χ0v) is 10.1.